The van der Waals surface area contributed by atoms with Crippen LogP contribution in [-0.2, 0) is 6.54 Å². The van der Waals surface area contributed by atoms with E-state index in [0.29, 0.717) is 18.2 Å². The number of rotatable bonds is 8. The number of hydrogen-bond acceptors (Lipinski definition) is 5. The van der Waals surface area contributed by atoms with Gasteiger partial charge in [0.25, 0.3) is 5.91 Å². The maximum atomic E-state index is 12.6. The Balaban J connectivity index is 1.63. The number of benzene rings is 2. The van der Waals surface area contributed by atoms with Crippen molar-refractivity contribution in [1.82, 2.24) is 9.97 Å². The van der Waals surface area contributed by atoms with E-state index >= 15 is 0 Å². The quantitative estimate of drug-likeness (QED) is 0.594. The summed E-state index contributed by atoms with van der Waals surface area (Å²) in [5, 5.41) is 6.07. The highest BCUT2D eigenvalue weighted by Crippen LogP contribution is 2.18. The summed E-state index contributed by atoms with van der Waals surface area (Å²) in [5.74, 6) is 0.164. The molecule has 1 amide bonds. The van der Waals surface area contributed by atoms with Gasteiger partial charge in [-0.3, -0.25) is 4.79 Å². The number of anilines is 3. The average molecular weight is 390 g/mol. The van der Waals surface area contributed by atoms with Crippen molar-refractivity contribution in [1.29, 1.82) is 0 Å². The van der Waals surface area contributed by atoms with Gasteiger partial charge in [0.1, 0.15) is 5.69 Å². The number of aryl methyl sites for hydroxylation is 1. The van der Waals surface area contributed by atoms with E-state index in [-0.39, 0.29) is 5.91 Å². The van der Waals surface area contributed by atoms with Crippen molar-refractivity contribution in [3.05, 3.63) is 77.6 Å². The molecule has 1 aromatic heterocycles. The van der Waals surface area contributed by atoms with E-state index in [1.807, 2.05) is 36.4 Å². The first-order valence-corrected chi connectivity index (χ1v) is 9.88. The standard InChI is InChI=1S/C23H27N5O/c1-4-28(5-2)20-11-9-19(10-12-20)26-22(29)21-13-14-24-23(27-21)25-16-18-8-6-7-17(3)15-18/h6-15H,4-5,16H2,1-3H3,(H,26,29)(H,24,25,27). The molecule has 0 aliphatic rings. The molecule has 29 heavy (non-hydrogen) atoms. The monoisotopic (exact) mass is 389 g/mol. The molecular weight excluding hydrogens is 362 g/mol. The van der Waals surface area contributed by atoms with Gasteiger partial charge in [-0.25, -0.2) is 9.97 Å². The van der Waals surface area contributed by atoms with Crippen molar-refractivity contribution in [2.24, 2.45) is 0 Å². The van der Waals surface area contributed by atoms with Crippen molar-refractivity contribution in [2.45, 2.75) is 27.3 Å². The zero-order valence-corrected chi connectivity index (χ0v) is 17.1. The first-order valence-electron chi connectivity index (χ1n) is 9.88. The van der Waals surface area contributed by atoms with Crippen LogP contribution in [-0.4, -0.2) is 29.0 Å². The first-order chi connectivity index (χ1) is 14.1. The minimum absolute atomic E-state index is 0.262. The van der Waals surface area contributed by atoms with Crippen molar-refractivity contribution < 1.29 is 4.79 Å². The lowest BCUT2D eigenvalue weighted by molar-refractivity contribution is 0.102. The van der Waals surface area contributed by atoms with E-state index in [9.17, 15) is 4.79 Å². The summed E-state index contributed by atoms with van der Waals surface area (Å²) in [7, 11) is 0. The number of carbonyl (C=O) groups is 1. The van der Waals surface area contributed by atoms with Crippen LogP contribution in [0.5, 0.6) is 0 Å². The predicted molar refractivity (Wildman–Crippen MR) is 118 cm³/mol. The van der Waals surface area contributed by atoms with E-state index in [4.69, 9.17) is 0 Å². The van der Waals surface area contributed by atoms with Crippen molar-refractivity contribution in [3.8, 4) is 0 Å². The Morgan fingerprint density at radius 2 is 1.79 bits per heavy atom. The van der Waals surface area contributed by atoms with Crippen LogP contribution >= 0.6 is 0 Å². The third-order valence-electron chi connectivity index (χ3n) is 4.68. The van der Waals surface area contributed by atoms with Gasteiger partial charge in [-0.1, -0.05) is 29.8 Å². The molecule has 150 valence electrons. The molecule has 0 spiro atoms. The number of carbonyl (C=O) groups excluding carboxylic acids is 1. The third-order valence-corrected chi connectivity index (χ3v) is 4.68. The molecule has 1 heterocycles. The summed E-state index contributed by atoms with van der Waals surface area (Å²) in [6.07, 6.45) is 1.59. The molecule has 0 unspecified atom stereocenters. The van der Waals surface area contributed by atoms with Gasteiger partial charge in [0, 0.05) is 37.2 Å². The van der Waals surface area contributed by atoms with E-state index in [0.717, 1.165) is 30.0 Å². The summed E-state index contributed by atoms with van der Waals surface area (Å²) < 4.78 is 0. The molecule has 6 heteroatoms. The summed E-state index contributed by atoms with van der Waals surface area (Å²) in [5.41, 5.74) is 4.53. The molecule has 0 saturated carbocycles. The Hall–Kier alpha value is -3.41. The second kappa shape index (κ2) is 9.68. The number of nitrogens with zero attached hydrogens (tertiary/aromatic N) is 3. The Morgan fingerprint density at radius 3 is 2.48 bits per heavy atom. The van der Waals surface area contributed by atoms with E-state index in [1.54, 1.807) is 12.3 Å². The van der Waals surface area contributed by atoms with E-state index in [1.165, 1.54) is 5.56 Å². The Kier molecular flexibility index (Phi) is 6.79. The fourth-order valence-electron chi connectivity index (χ4n) is 3.11. The number of nitrogens with one attached hydrogen (secondary N) is 2. The molecule has 2 N–H and O–H groups in total. The van der Waals surface area contributed by atoms with E-state index < -0.39 is 0 Å². The molecule has 0 radical (unpaired) electrons. The highest BCUT2D eigenvalue weighted by atomic mass is 16.1. The Labute approximate surface area is 172 Å². The molecular formula is C23H27N5O. The van der Waals surface area contributed by atoms with Crippen LogP contribution in [0, 0.1) is 6.92 Å². The molecule has 3 rings (SSSR count). The third kappa shape index (κ3) is 5.54. The van der Waals surface area contributed by atoms with Crippen LogP contribution in [0.15, 0.2) is 60.8 Å². The van der Waals surface area contributed by atoms with Crippen molar-refractivity contribution >= 4 is 23.2 Å². The van der Waals surface area contributed by atoms with Crippen LogP contribution in [0.25, 0.3) is 0 Å². The normalized spacial score (nSPS) is 10.4. The number of amides is 1. The molecule has 0 aliphatic carbocycles. The average Bonchev–Trinajstić information content (AvgIpc) is 2.74. The van der Waals surface area contributed by atoms with E-state index in [2.05, 4.69) is 58.4 Å². The molecule has 6 nitrogen and oxygen atoms in total. The molecule has 0 fully saturated rings. The fraction of sp³-hybridized carbons (Fsp3) is 0.261. The maximum absolute atomic E-state index is 12.6. The Morgan fingerprint density at radius 1 is 1.03 bits per heavy atom. The van der Waals surface area contributed by atoms with Gasteiger partial charge in [-0.05, 0) is 56.7 Å². The number of hydrogen-bond donors (Lipinski definition) is 2. The lowest BCUT2D eigenvalue weighted by Gasteiger charge is -2.21. The van der Waals surface area contributed by atoms with Gasteiger partial charge >= 0.3 is 0 Å². The molecule has 3 aromatic rings. The minimum atomic E-state index is -0.262. The second-order valence-electron chi connectivity index (χ2n) is 6.78. The molecule has 0 atom stereocenters. The van der Waals surface area contributed by atoms with Crippen LogP contribution in [0.4, 0.5) is 17.3 Å². The van der Waals surface area contributed by atoms with Crippen molar-refractivity contribution in [3.63, 3.8) is 0 Å². The number of aromatic nitrogens is 2. The Bertz CT molecular complexity index is 951. The van der Waals surface area contributed by atoms with Gasteiger partial charge in [-0.2, -0.15) is 0 Å². The predicted octanol–water partition coefficient (Wildman–Crippen LogP) is 4.50. The second-order valence-corrected chi connectivity index (χ2v) is 6.78. The van der Waals surface area contributed by atoms with Crippen LogP contribution in [0.1, 0.15) is 35.5 Å². The lowest BCUT2D eigenvalue weighted by Crippen LogP contribution is -2.21. The SMILES string of the molecule is CCN(CC)c1ccc(NC(=O)c2ccnc(NCc3cccc(C)c3)n2)cc1. The lowest BCUT2D eigenvalue weighted by atomic mass is 10.1. The highest BCUT2D eigenvalue weighted by Gasteiger charge is 2.10. The molecule has 0 saturated heterocycles. The van der Waals surface area contributed by atoms with Crippen LogP contribution in [0.2, 0.25) is 0 Å². The molecule has 0 aliphatic heterocycles. The van der Waals surface area contributed by atoms with Gasteiger partial charge in [0.15, 0.2) is 0 Å². The summed E-state index contributed by atoms with van der Waals surface area (Å²) >= 11 is 0. The van der Waals surface area contributed by atoms with Gasteiger partial charge in [0.2, 0.25) is 5.95 Å². The smallest absolute Gasteiger partial charge is 0.274 e. The van der Waals surface area contributed by atoms with Gasteiger partial charge < -0.3 is 15.5 Å². The van der Waals surface area contributed by atoms with Crippen molar-refractivity contribution in [2.75, 3.05) is 28.6 Å². The largest absolute Gasteiger partial charge is 0.372 e. The minimum Gasteiger partial charge on any atom is -0.372 e. The summed E-state index contributed by atoms with van der Waals surface area (Å²) in [6.45, 7) is 8.79. The fourth-order valence-corrected chi connectivity index (χ4v) is 3.11. The molecule has 0 bridgehead atoms. The zero-order valence-electron chi connectivity index (χ0n) is 17.1. The topological polar surface area (TPSA) is 70.2 Å². The highest BCUT2D eigenvalue weighted by molar-refractivity contribution is 6.03. The van der Waals surface area contributed by atoms with Crippen LogP contribution in [0.3, 0.4) is 0 Å². The summed E-state index contributed by atoms with van der Waals surface area (Å²) in [4.78, 5) is 23.4. The zero-order chi connectivity index (χ0) is 20.6. The maximum Gasteiger partial charge on any atom is 0.274 e. The van der Waals surface area contributed by atoms with Gasteiger partial charge in [-0.15, -0.1) is 0 Å². The van der Waals surface area contributed by atoms with Gasteiger partial charge in [0.05, 0.1) is 0 Å². The molecule has 2 aromatic carbocycles. The summed E-state index contributed by atoms with van der Waals surface area (Å²) in [6, 6.07) is 17.7. The first kappa shape index (κ1) is 20.3. The van der Waals surface area contributed by atoms with Crippen LogP contribution < -0.4 is 15.5 Å².